The third-order valence-electron chi connectivity index (χ3n) is 2.86. The van der Waals surface area contributed by atoms with Crippen molar-refractivity contribution in [3.05, 3.63) is 29.8 Å². The number of benzene rings is 1. The summed E-state index contributed by atoms with van der Waals surface area (Å²) in [6.45, 7) is 1.16. The Morgan fingerprint density at radius 3 is 3.00 bits per heavy atom. The Kier molecular flexibility index (Phi) is 2.44. The molecule has 1 unspecified atom stereocenters. The van der Waals surface area contributed by atoms with E-state index >= 15 is 0 Å². The minimum atomic E-state index is -0.352. The third kappa shape index (κ3) is 1.29. The number of hydrogen-bond donors (Lipinski definition) is 1. The summed E-state index contributed by atoms with van der Waals surface area (Å²) in [7, 11) is 1.70. The lowest BCUT2D eigenvalue weighted by Gasteiger charge is -2.36. The first kappa shape index (κ1) is 9.49. The highest BCUT2D eigenvalue weighted by Crippen LogP contribution is 2.38. The van der Waals surface area contributed by atoms with E-state index in [1.54, 1.807) is 7.11 Å². The Morgan fingerprint density at radius 1 is 1.50 bits per heavy atom. The van der Waals surface area contributed by atoms with E-state index < -0.39 is 0 Å². The molecule has 1 aliphatic heterocycles. The van der Waals surface area contributed by atoms with Gasteiger partial charge in [0.2, 0.25) is 0 Å². The topological polar surface area (TPSA) is 44.5 Å². The molecule has 0 fully saturated rings. The summed E-state index contributed by atoms with van der Waals surface area (Å²) in [4.78, 5) is 0. The van der Waals surface area contributed by atoms with Gasteiger partial charge in [-0.15, -0.1) is 0 Å². The fourth-order valence-electron chi connectivity index (χ4n) is 1.94. The third-order valence-corrected chi connectivity index (χ3v) is 2.86. The molecular formula is C11H15NO2. The van der Waals surface area contributed by atoms with Crippen LogP contribution in [-0.2, 0) is 10.3 Å². The maximum atomic E-state index is 5.78. The van der Waals surface area contributed by atoms with Gasteiger partial charge in [0.1, 0.15) is 11.4 Å². The molecule has 0 bridgehead atoms. The van der Waals surface area contributed by atoms with Crippen LogP contribution in [0.25, 0.3) is 0 Å². The molecular weight excluding hydrogens is 178 g/mol. The summed E-state index contributed by atoms with van der Waals surface area (Å²) >= 11 is 0. The van der Waals surface area contributed by atoms with Crippen LogP contribution in [0.3, 0.4) is 0 Å². The Hall–Kier alpha value is -1.06. The molecule has 3 nitrogen and oxygen atoms in total. The minimum absolute atomic E-state index is 0.352. The van der Waals surface area contributed by atoms with Crippen LogP contribution in [0.4, 0.5) is 0 Å². The van der Waals surface area contributed by atoms with Crippen molar-refractivity contribution in [3.8, 4) is 5.75 Å². The van der Waals surface area contributed by atoms with Crippen molar-refractivity contribution < 1.29 is 9.47 Å². The molecule has 2 N–H and O–H groups in total. The van der Waals surface area contributed by atoms with Crippen molar-refractivity contribution in [1.82, 2.24) is 0 Å². The first-order valence-electron chi connectivity index (χ1n) is 4.80. The Balaban J connectivity index is 2.48. The standard InChI is InChI=1S/C11H15NO2/c1-13-11(8-12)6-7-14-10-5-3-2-4-9(10)11/h2-5H,6-8,12H2,1H3. The Morgan fingerprint density at radius 2 is 2.29 bits per heavy atom. The highest BCUT2D eigenvalue weighted by atomic mass is 16.5. The molecule has 1 heterocycles. The summed E-state index contributed by atoms with van der Waals surface area (Å²) in [5, 5.41) is 0. The molecule has 0 spiro atoms. The molecule has 2 rings (SSSR count). The van der Waals surface area contributed by atoms with E-state index in [2.05, 4.69) is 0 Å². The summed E-state index contributed by atoms with van der Waals surface area (Å²) in [6, 6.07) is 7.92. The number of methoxy groups -OCH3 is 1. The summed E-state index contributed by atoms with van der Waals surface area (Å²) in [5.41, 5.74) is 6.50. The van der Waals surface area contributed by atoms with Gasteiger partial charge in [0.15, 0.2) is 0 Å². The van der Waals surface area contributed by atoms with E-state index in [9.17, 15) is 0 Å². The van der Waals surface area contributed by atoms with Crippen LogP contribution in [0.1, 0.15) is 12.0 Å². The molecule has 0 amide bonds. The van der Waals surface area contributed by atoms with Gasteiger partial charge in [0.25, 0.3) is 0 Å². The number of ether oxygens (including phenoxy) is 2. The minimum Gasteiger partial charge on any atom is -0.493 e. The predicted molar refractivity (Wildman–Crippen MR) is 54.3 cm³/mol. The van der Waals surface area contributed by atoms with E-state index in [0.717, 1.165) is 17.7 Å². The van der Waals surface area contributed by atoms with Crippen molar-refractivity contribution in [3.63, 3.8) is 0 Å². The molecule has 0 aromatic heterocycles. The van der Waals surface area contributed by atoms with Crippen LogP contribution in [-0.4, -0.2) is 20.3 Å². The molecule has 1 aliphatic rings. The number of hydrogen-bond acceptors (Lipinski definition) is 3. The van der Waals surface area contributed by atoms with Gasteiger partial charge in [0.05, 0.1) is 6.61 Å². The van der Waals surface area contributed by atoms with Gasteiger partial charge < -0.3 is 15.2 Å². The maximum Gasteiger partial charge on any atom is 0.125 e. The van der Waals surface area contributed by atoms with Gasteiger partial charge >= 0.3 is 0 Å². The molecule has 1 aromatic carbocycles. The zero-order valence-electron chi connectivity index (χ0n) is 8.32. The van der Waals surface area contributed by atoms with Crippen molar-refractivity contribution in [2.75, 3.05) is 20.3 Å². The predicted octanol–water partition coefficient (Wildman–Crippen LogP) is 1.27. The zero-order chi connectivity index (χ0) is 10.0. The average molecular weight is 193 g/mol. The maximum absolute atomic E-state index is 5.78. The van der Waals surface area contributed by atoms with Crippen LogP contribution >= 0.6 is 0 Å². The van der Waals surface area contributed by atoms with Crippen LogP contribution in [0.5, 0.6) is 5.75 Å². The molecule has 0 saturated heterocycles. The average Bonchev–Trinajstić information content (AvgIpc) is 2.28. The fourth-order valence-corrected chi connectivity index (χ4v) is 1.94. The number of rotatable bonds is 2. The lowest BCUT2D eigenvalue weighted by atomic mass is 9.88. The first-order valence-corrected chi connectivity index (χ1v) is 4.80. The van der Waals surface area contributed by atoms with Crippen LogP contribution in [0.2, 0.25) is 0 Å². The molecule has 0 aliphatic carbocycles. The van der Waals surface area contributed by atoms with Gasteiger partial charge in [0, 0.05) is 25.6 Å². The van der Waals surface area contributed by atoms with E-state index in [0.29, 0.717) is 13.2 Å². The van der Waals surface area contributed by atoms with E-state index in [1.165, 1.54) is 0 Å². The lowest BCUT2D eigenvalue weighted by Crippen LogP contribution is -2.41. The fraction of sp³-hybridized carbons (Fsp3) is 0.455. The molecule has 1 aromatic rings. The van der Waals surface area contributed by atoms with E-state index in [1.807, 2.05) is 24.3 Å². The quantitative estimate of drug-likeness (QED) is 0.769. The second-order valence-electron chi connectivity index (χ2n) is 3.50. The van der Waals surface area contributed by atoms with Crippen LogP contribution in [0.15, 0.2) is 24.3 Å². The monoisotopic (exact) mass is 193 g/mol. The summed E-state index contributed by atoms with van der Waals surface area (Å²) < 4.78 is 11.1. The van der Waals surface area contributed by atoms with Crippen molar-refractivity contribution >= 4 is 0 Å². The normalized spacial score (nSPS) is 25.3. The SMILES string of the molecule is COC1(CN)CCOc2ccccc21. The largest absolute Gasteiger partial charge is 0.493 e. The van der Waals surface area contributed by atoms with Crippen LogP contribution < -0.4 is 10.5 Å². The Bertz CT molecular complexity index is 321. The molecule has 14 heavy (non-hydrogen) atoms. The van der Waals surface area contributed by atoms with Gasteiger partial charge in [-0.25, -0.2) is 0 Å². The highest BCUT2D eigenvalue weighted by Gasteiger charge is 2.36. The zero-order valence-corrected chi connectivity index (χ0v) is 8.32. The summed E-state index contributed by atoms with van der Waals surface area (Å²) in [6.07, 6.45) is 0.816. The molecule has 0 radical (unpaired) electrons. The number of nitrogens with two attached hydrogens (primary N) is 1. The number of fused-ring (bicyclic) bond motifs is 1. The molecule has 1 atom stereocenters. The molecule has 3 heteroatoms. The smallest absolute Gasteiger partial charge is 0.125 e. The second-order valence-corrected chi connectivity index (χ2v) is 3.50. The van der Waals surface area contributed by atoms with Crippen molar-refractivity contribution in [2.45, 2.75) is 12.0 Å². The second kappa shape index (κ2) is 3.59. The van der Waals surface area contributed by atoms with E-state index in [4.69, 9.17) is 15.2 Å². The van der Waals surface area contributed by atoms with Crippen molar-refractivity contribution in [2.24, 2.45) is 5.73 Å². The van der Waals surface area contributed by atoms with Gasteiger partial charge in [-0.1, -0.05) is 18.2 Å². The van der Waals surface area contributed by atoms with E-state index in [-0.39, 0.29) is 5.60 Å². The van der Waals surface area contributed by atoms with Crippen LogP contribution in [0, 0.1) is 0 Å². The lowest BCUT2D eigenvalue weighted by molar-refractivity contribution is -0.0369. The van der Waals surface area contributed by atoms with Gasteiger partial charge in [-0.05, 0) is 6.07 Å². The number of para-hydroxylation sites is 1. The van der Waals surface area contributed by atoms with Crippen molar-refractivity contribution in [1.29, 1.82) is 0 Å². The summed E-state index contributed by atoms with van der Waals surface area (Å²) in [5.74, 6) is 0.894. The van der Waals surface area contributed by atoms with Gasteiger partial charge in [-0.2, -0.15) is 0 Å². The molecule has 76 valence electrons. The first-order chi connectivity index (χ1) is 6.82. The Labute approximate surface area is 83.8 Å². The van der Waals surface area contributed by atoms with Gasteiger partial charge in [-0.3, -0.25) is 0 Å². The molecule has 0 saturated carbocycles. The highest BCUT2D eigenvalue weighted by molar-refractivity contribution is 5.40.